The van der Waals surface area contributed by atoms with Crippen molar-refractivity contribution in [3.63, 3.8) is 0 Å². The van der Waals surface area contributed by atoms with Crippen LogP contribution in [0.3, 0.4) is 0 Å². The maximum absolute atomic E-state index is 12.9. The molecular formula is C20H25BrN4O3S2. The minimum atomic E-state index is -0.471. The van der Waals surface area contributed by atoms with E-state index in [-0.39, 0.29) is 17.9 Å². The van der Waals surface area contributed by atoms with Crippen LogP contribution in [-0.2, 0) is 9.53 Å². The summed E-state index contributed by atoms with van der Waals surface area (Å²) in [5.74, 6) is 0.999. The summed E-state index contributed by atoms with van der Waals surface area (Å²) in [6, 6.07) is -0.0121. The number of H-pyrrole nitrogens is 1. The second-order valence-corrected chi connectivity index (χ2v) is 11.6. The fourth-order valence-electron chi connectivity index (χ4n) is 3.98. The number of halogens is 1. The van der Waals surface area contributed by atoms with Crippen molar-refractivity contribution in [1.82, 2.24) is 20.2 Å². The smallest absolute Gasteiger partial charge is 0.406 e. The van der Waals surface area contributed by atoms with Gasteiger partial charge < -0.3 is 19.9 Å². The normalized spacial score (nSPS) is 26.2. The van der Waals surface area contributed by atoms with Gasteiger partial charge in [0.1, 0.15) is 5.82 Å². The maximum Gasteiger partial charge on any atom is 0.406 e. The standard InChI is InChI=1S/C20H25BrN4O3S2/c1-11(9-23-20(27)28-2)6-18(26)25-5-3-4-13(25)19-22-10-12(24-19)14-7-15-16(29-14)8-17(21)30-15/h7-8,10-11,13,15-16H,3-6,9H2,1-2H3,(H,22,24)(H,23,27). The molecule has 1 saturated heterocycles. The predicted molar refractivity (Wildman–Crippen MR) is 124 cm³/mol. The van der Waals surface area contributed by atoms with E-state index in [0.717, 1.165) is 30.9 Å². The molecule has 0 bridgehead atoms. The number of hydrogen-bond acceptors (Lipinski definition) is 6. The number of aromatic amines is 1. The van der Waals surface area contributed by atoms with Gasteiger partial charge >= 0.3 is 6.09 Å². The number of fused-ring (bicyclic) bond motifs is 1. The molecule has 4 atom stereocenters. The largest absolute Gasteiger partial charge is 0.453 e. The van der Waals surface area contributed by atoms with Gasteiger partial charge in [0.2, 0.25) is 5.91 Å². The van der Waals surface area contributed by atoms with Crippen LogP contribution >= 0.6 is 39.5 Å². The number of rotatable bonds is 6. The van der Waals surface area contributed by atoms with Crippen LogP contribution < -0.4 is 5.32 Å². The zero-order valence-corrected chi connectivity index (χ0v) is 20.1. The number of thioether (sulfide) groups is 2. The van der Waals surface area contributed by atoms with E-state index in [2.05, 4.69) is 48.1 Å². The number of imidazole rings is 1. The molecule has 7 nitrogen and oxygen atoms in total. The third-order valence-corrected chi connectivity index (χ3v) is 8.87. The number of aromatic nitrogens is 2. The summed E-state index contributed by atoms with van der Waals surface area (Å²) in [6.07, 6.45) is 8.25. The highest BCUT2D eigenvalue weighted by Gasteiger charge is 2.35. The van der Waals surface area contributed by atoms with Crippen molar-refractivity contribution in [2.45, 2.75) is 42.7 Å². The average Bonchev–Trinajstić information content (AvgIpc) is 3.47. The fraction of sp³-hybridized carbons (Fsp3) is 0.550. The Morgan fingerprint density at radius 2 is 2.20 bits per heavy atom. The summed E-state index contributed by atoms with van der Waals surface area (Å²) >= 11 is 7.27. The molecule has 0 spiro atoms. The number of carbonyl (C=O) groups excluding carboxylic acids is 2. The summed E-state index contributed by atoms with van der Waals surface area (Å²) in [5, 5.41) is 3.59. The van der Waals surface area contributed by atoms with Gasteiger partial charge in [0.05, 0.1) is 25.0 Å². The minimum Gasteiger partial charge on any atom is -0.453 e. The Morgan fingerprint density at radius 1 is 1.40 bits per heavy atom. The number of nitrogens with zero attached hydrogens (tertiary/aromatic N) is 2. The molecule has 10 heteroatoms. The number of methoxy groups -OCH3 is 1. The minimum absolute atomic E-state index is 0.0121. The Labute approximate surface area is 193 Å². The first kappa shape index (κ1) is 21.8. The van der Waals surface area contributed by atoms with Crippen LogP contribution in [0.5, 0.6) is 0 Å². The van der Waals surface area contributed by atoms with E-state index in [1.165, 1.54) is 15.8 Å². The van der Waals surface area contributed by atoms with Gasteiger partial charge in [-0.15, -0.1) is 23.5 Å². The zero-order chi connectivity index (χ0) is 21.3. The van der Waals surface area contributed by atoms with Gasteiger partial charge in [0.15, 0.2) is 0 Å². The molecule has 1 fully saturated rings. The molecule has 2 N–H and O–H groups in total. The number of ether oxygens (including phenoxy) is 1. The lowest BCUT2D eigenvalue weighted by Crippen LogP contribution is -2.35. The Hall–Kier alpha value is -1.39. The quantitative estimate of drug-likeness (QED) is 0.591. The van der Waals surface area contributed by atoms with E-state index in [0.29, 0.717) is 23.5 Å². The van der Waals surface area contributed by atoms with Crippen molar-refractivity contribution in [2.24, 2.45) is 5.92 Å². The number of nitrogens with one attached hydrogen (secondary N) is 2. The van der Waals surface area contributed by atoms with Crippen molar-refractivity contribution >= 4 is 56.4 Å². The first-order chi connectivity index (χ1) is 14.4. The van der Waals surface area contributed by atoms with Gasteiger partial charge in [-0.25, -0.2) is 9.78 Å². The van der Waals surface area contributed by atoms with Crippen LogP contribution in [0, 0.1) is 5.92 Å². The van der Waals surface area contributed by atoms with Gasteiger partial charge in [-0.05, 0) is 40.8 Å². The van der Waals surface area contributed by atoms with Crippen LogP contribution in [0.1, 0.15) is 43.7 Å². The Kier molecular flexibility index (Phi) is 6.84. The van der Waals surface area contributed by atoms with E-state index >= 15 is 0 Å². The number of alkyl carbamates (subject to hydrolysis) is 1. The number of amides is 2. The van der Waals surface area contributed by atoms with E-state index in [4.69, 9.17) is 0 Å². The first-order valence-electron chi connectivity index (χ1n) is 10.0. The molecule has 0 aromatic carbocycles. The predicted octanol–water partition coefficient (Wildman–Crippen LogP) is 4.26. The molecule has 3 aliphatic rings. The first-order valence-corrected chi connectivity index (χ1v) is 12.6. The summed E-state index contributed by atoms with van der Waals surface area (Å²) in [5.41, 5.74) is 1.03. The lowest BCUT2D eigenvalue weighted by atomic mass is 10.1. The summed E-state index contributed by atoms with van der Waals surface area (Å²) in [4.78, 5) is 35.4. The van der Waals surface area contributed by atoms with Crippen LogP contribution in [0.15, 0.2) is 22.2 Å². The van der Waals surface area contributed by atoms with Gasteiger partial charge in [-0.2, -0.15) is 0 Å². The van der Waals surface area contributed by atoms with Crippen LogP contribution in [0.25, 0.3) is 4.91 Å². The van der Waals surface area contributed by atoms with Crippen molar-refractivity contribution in [3.05, 3.63) is 33.7 Å². The van der Waals surface area contributed by atoms with Crippen molar-refractivity contribution in [2.75, 3.05) is 20.2 Å². The third-order valence-electron chi connectivity index (χ3n) is 5.50. The van der Waals surface area contributed by atoms with Crippen molar-refractivity contribution < 1.29 is 14.3 Å². The van der Waals surface area contributed by atoms with Gasteiger partial charge in [0, 0.05) is 38.7 Å². The van der Waals surface area contributed by atoms with Gasteiger partial charge in [-0.1, -0.05) is 13.0 Å². The maximum atomic E-state index is 12.9. The Bertz CT molecular complexity index is 887. The molecule has 4 heterocycles. The highest BCUT2D eigenvalue weighted by atomic mass is 79.9. The van der Waals surface area contributed by atoms with E-state index < -0.39 is 6.09 Å². The number of carbonyl (C=O) groups is 2. The summed E-state index contributed by atoms with van der Waals surface area (Å²) in [7, 11) is 1.33. The molecule has 162 valence electrons. The molecular weight excluding hydrogens is 488 g/mol. The van der Waals surface area contributed by atoms with Crippen LogP contribution in [0.4, 0.5) is 4.79 Å². The topological polar surface area (TPSA) is 87.3 Å². The number of likely N-dealkylation sites (tertiary alicyclic amines) is 1. The van der Waals surface area contributed by atoms with E-state index in [9.17, 15) is 9.59 Å². The molecule has 4 rings (SSSR count). The fourth-order valence-corrected chi connectivity index (χ4v) is 7.66. The van der Waals surface area contributed by atoms with E-state index in [1.807, 2.05) is 41.5 Å². The third kappa shape index (κ3) is 4.75. The molecule has 0 radical (unpaired) electrons. The monoisotopic (exact) mass is 512 g/mol. The van der Waals surface area contributed by atoms with Gasteiger partial charge in [-0.3, -0.25) is 4.79 Å². The van der Waals surface area contributed by atoms with Crippen LogP contribution in [0.2, 0.25) is 0 Å². The Balaban J connectivity index is 1.37. The summed E-state index contributed by atoms with van der Waals surface area (Å²) in [6.45, 7) is 3.11. The molecule has 0 saturated carbocycles. The average molecular weight is 513 g/mol. The van der Waals surface area contributed by atoms with Crippen molar-refractivity contribution in [3.8, 4) is 0 Å². The molecule has 3 aliphatic heterocycles. The molecule has 30 heavy (non-hydrogen) atoms. The van der Waals surface area contributed by atoms with Crippen LogP contribution in [-0.4, -0.2) is 57.6 Å². The second kappa shape index (κ2) is 9.40. The lowest BCUT2D eigenvalue weighted by Gasteiger charge is -2.25. The van der Waals surface area contributed by atoms with E-state index in [1.54, 1.807) is 0 Å². The highest BCUT2D eigenvalue weighted by Crippen LogP contribution is 2.51. The molecule has 2 amide bonds. The zero-order valence-electron chi connectivity index (χ0n) is 16.9. The Morgan fingerprint density at radius 3 is 2.97 bits per heavy atom. The SMILES string of the molecule is COC(=O)NCC(C)CC(=O)N1CCCC1c1ncc(C2=CC3SC(Br)=CC3S2)[nH]1. The number of hydrogen-bond donors (Lipinski definition) is 2. The second-order valence-electron chi connectivity index (χ2n) is 7.78. The molecule has 0 aliphatic carbocycles. The molecule has 4 unspecified atom stereocenters. The summed E-state index contributed by atoms with van der Waals surface area (Å²) < 4.78 is 5.79. The van der Waals surface area contributed by atoms with Gasteiger partial charge in [0.25, 0.3) is 0 Å². The van der Waals surface area contributed by atoms with Crippen molar-refractivity contribution in [1.29, 1.82) is 0 Å². The lowest BCUT2D eigenvalue weighted by molar-refractivity contribution is -0.133. The molecule has 1 aromatic heterocycles. The molecule has 1 aromatic rings. The highest BCUT2D eigenvalue weighted by molar-refractivity contribution is 9.14.